The molecular formula is C17H24BNO3. The van der Waals surface area contributed by atoms with Gasteiger partial charge in [-0.2, -0.15) is 5.26 Å². The fraction of sp³-hybridized carbons (Fsp3) is 0.588. The summed E-state index contributed by atoms with van der Waals surface area (Å²) in [5.74, 6) is 0.705. The minimum atomic E-state index is -0.579. The van der Waals surface area contributed by atoms with Crippen LogP contribution in [0.3, 0.4) is 0 Å². The van der Waals surface area contributed by atoms with Gasteiger partial charge in [0.25, 0.3) is 0 Å². The summed E-state index contributed by atoms with van der Waals surface area (Å²) < 4.78 is 17.7. The Kier molecular flexibility index (Phi) is 4.06. The Balaban J connectivity index is 2.47. The van der Waals surface area contributed by atoms with E-state index in [2.05, 4.69) is 6.07 Å². The Morgan fingerprint density at radius 1 is 1.14 bits per heavy atom. The number of benzene rings is 1. The first-order chi connectivity index (χ1) is 10.0. The molecule has 1 saturated heterocycles. The summed E-state index contributed by atoms with van der Waals surface area (Å²) in [5.41, 5.74) is 0.333. The zero-order chi connectivity index (χ0) is 16.8. The summed E-state index contributed by atoms with van der Waals surface area (Å²) in [5, 5.41) is 9.35. The summed E-state index contributed by atoms with van der Waals surface area (Å²) in [7, 11) is 1.12. The highest BCUT2D eigenvalue weighted by atomic mass is 16.7. The lowest BCUT2D eigenvalue weighted by molar-refractivity contribution is 0.00578. The van der Waals surface area contributed by atoms with Crippen molar-refractivity contribution in [2.75, 3.05) is 7.11 Å². The standard InChI is InChI=1S/C17H24BNO3/c1-15(2,11-19)12-8-9-14(20-7)13(10-12)18-21-16(3,4)17(5,6)22-18/h8-10H,1-7H3. The molecule has 5 heteroatoms. The van der Waals surface area contributed by atoms with Crippen molar-refractivity contribution in [3.63, 3.8) is 0 Å². The molecule has 22 heavy (non-hydrogen) atoms. The van der Waals surface area contributed by atoms with Gasteiger partial charge in [0.15, 0.2) is 0 Å². The number of hydrogen-bond donors (Lipinski definition) is 0. The molecule has 0 aromatic heterocycles. The number of nitriles is 1. The molecule has 1 fully saturated rings. The van der Waals surface area contributed by atoms with Crippen LogP contribution in [0.1, 0.15) is 47.1 Å². The molecule has 0 amide bonds. The zero-order valence-corrected chi connectivity index (χ0v) is 14.5. The Bertz CT molecular complexity index is 601. The maximum atomic E-state index is 9.35. The summed E-state index contributed by atoms with van der Waals surface area (Å²) in [6.07, 6.45) is 0. The molecule has 118 valence electrons. The van der Waals surface area contributed by atoms with E-state index in [1.807, 2.05) is 59.7 Å². The van der Waals surface area contributed by atoms with E-state index in [0.717, 1.165) is 11.0 Å². The van der Waals surface area contributed by atoms with Gasteiger partial charge in [0, 0.05) is 5.46 Å². The van der Waals surface area contributed by atoms with E-state index in [0.29, 0.717) is 5.75 Å². The molecule has 1 aromatic rings. The fourth-order valence-corrected chi connectivity index (χ4v) is 2.34. The van der Waals surface area contributed by atoms with Crippen molar-refractivity contribution in [2.24, 2.45) is 0 Å². The van der Waals surface area contributed by atoms with Gasteiger partial charge in [-0.3, -0.25) is 0 Å². The molecule has 0 unspecified atom stereocenters. The predicted octanol–water partition coefficient (Wildman–Crippen LogP) is 2.80. The van der Waals surface area contributed by atoms with Crippen molar-refractivity contribution in [3.8, 4) is 11.8 Å². The Labute approximate surface area is 133 Å². The minimum Gasteiger partial charge on any atom is -0.497 e. The van der Waals surface area contributed by atoms with Gasteiger partial charge < -0.3 is 14.0 Å². The van der Waals surface area contributed by atoms with Gasteiger partial charge in [0.1, 0.15) is 5.75 Å². The highest BCUT2D eigenvalue weighted by Crippen LogP contribution is 2.37. The van der Waals surface area contributed by atoms with Crippen molar-refractivity contribution in [1.29, 1.82) is 5.26 Å². The average Bonchev–Trinajstić information content (AvgIpc) is 2.66. The lowest BCUT2D eigenvalue weighted by Gasteiger charge is -2.32. The molecule has 2 rings (SSSR count). The van der Waals surface area contributed by atoms with Crippen LogP contribution in [0.5, 0.6) is 5.75 Å². The van der Waals surface area contributed by atoms with Crippen LogP contribution in [0.2, 0.25) is 0 Å². The SMILES string of the molecule is COc1ccc(C(C)(C)C#N)cc1B1OC(C)(C)C(C)(C)O1. The monoisotopic (exact) mass is 301 g/mol. The normalized spacial score (nSPS) is 19.8. The number of methoxy groups -OCH3 is 1. The summed E-state index contributed by atoms with van der Waals surface area (Å²) in [6.45, 7) is 11.8. The second kappa shape index (κ2) is 5.29. The minimum absolute atomic E-state index is 0.413. The molecule has 1 aliphatic rings. The van der Waals surface area contributed by atoms with E-state index in [4.69, 9.17) is 14.0 Å². The van der Waals surface area contributed by atoms with Crippen LogP contribution >= 0.6 is 0 Å². The van der Waals surface area contributed by atoms with Gasteiger partial charge in [0.2, 0.25) is 0 Å². The molecule has 1 aliphatic heterocycles. The van der Waals surface area contributed by atoms with Crippen LogP contribution in [0.25, 0.3) is 0 Å². The third-order valence-corrected chi connectivity index (χ3v) is 4.74. The molecule has 0 bridgehead atoms. The van der Waals surface area contributed by atoms with Crippen LogP contribution in [-0.4, -0.2) is 25.4 Å². The summed E-state index contributed by atoms with van der Waals surface area (Å²) in [6, 6.07) is 8.05. The largest absolute Gasteiger partial charge is 0.498 e. The average molecular weight is 301 g/mol. The number of hydrogen-bond acceptors (Lipinski definition) is 4. The van der Waals surface area contributed by atoms with Gasteiger partial charge in [-0.15, -0.1) is 0 Å². The molecule has 0 spiro atoms. The first-order valence-corrected chi connectivity index (χ1v) is 7.49. The number of rotatable bonds is 3. The fourth-order valence-electron chi connectivity index (χ4n) is 2.34. The molecule has 4 nitrogen and oxygen atoms in total. The maximum Gasteiger partial charge on any atom is 0.498 e. The Hall–Kier alpha value is -1.51. The van der Waals surface area contributed by atoms with Crippen molar-refractivity contribution >= 4 is 12.6 Å². The second-order valence-corrected chi connectivity index (χ2v) is 7.28. The van der Waals surface area contributed by atoms with Crippen molar-refractivity contribution in [2.45, 2.75) is 58.2 Å². The van der Waals surface area contributed by atoms with Gasteiger partial charge in [-0.05, 0) is 53.2 Å². The van der Waals surface area contributed by atoms with Crippen molar-refractivity contribution in [1.82, 2.24) is 0 Å². The van der Waals surface area contributed by atoms with Gasteiger partial charge in [-0.1, -0.05) is 12.1 Å². The first kappa shape index (κ1) is 16.9. The highest BCUT2D eigenvalue weighted by molar-refractivity contribution is 6.63. The summed E-state index contributed by atoms with van der Waals surface area (Å²) >= 11 is 0. The van der Waals surface area contributed by atoms with Crippen molar-refractivity contribution in [3.05, 3.63) is 23.8 Å². The quantitative estimate of drug-likeness (QED) is 0.806. The molecule has 1 aromatic carbocycles. The summed E-state index contributed by atoms with van der Waals surface area (Å²) in [4.78, 5) is 0. The lowest BCUT2D eigenvalue weighted by atomic mass is 9.74. The molecule has 0 radical (unpaired) electrons. The zero-order valence-electron chi connectivity index (χ0n) is 14.5. The Morgan fingerprint density at radius 2 is 1.68 bits per heavy atom. The third kappa shape index (κ3) is 2.73. The van der Waals surface area contributed by atoms with Crippen LogP contribution in [0.4, 0.5) is 0 Å². The smallest absolute Gasteiger partial charge is 0.497 e. The van der Waals surface area contributed by atoms with E-state index in [9.17, 15) is 5.26 Å². The molecule has 0 saturated carbocycles. The number of nitrogens with zero attached hydrogens (tertiary/aromatic N) is 1. The number of ether oxygens (including phenoxy) is 1. The van der Waals surface area contributed by atoms with E-state index >= 15 is 0 Å². The third-order valence-electron chi connectivity index (χ3n) is 4.74. The molecule has 0 aliphatic carbocycles. The van der Waals surface area contributed by atoms with Crippen LogP contribution in [0.15, 0.2) is 18.2 Å². The maximum absolute atomic E-state index is 9.35. The lowest BCUT2D eigenvalue weighted by Crippen LogP contribution is -2.41. The Morgan fingerprint density at radius 3 is 2.14 bits per heavy atom. The van der Waals surface area contributed by atoms with Gasteiger partial charge in [0.05, 0.1) is 29.8 Å². The van der Waals surface area contributed by atoms with Crippen molar-refractivity contribution < 1.29 is 14.0 Å². The van der Waals surface area contributed by atoms with E-state index in [-0.39, 0.29) is 0 Å². The van der Waals surface area contributed by atoms with Gasteiger partial charge >= 0.3 is 7.12 Å². The first-order valence-electron chi connectivity index (χ1n) is 7.49. The highest BCUT2D eigenvalue weighted by Gasteiger charge is 2.52. The van der Waals surface area contributed by atoms with Crippen LogP contribution in [-0.2, 0) is 14.7 Å². The molecule has 0 N–H and O–H groups in total. The molecular weight excluding hydrogens is 277 g/mol. The predicted molar refractivity (Wildman–Crippen MR) is 87.3 cm³/mol. The van der Waals surface area contributed by atoms with E-state index in [1.165, 1.54) is 0 Å². The van der Waals surface area contributed by atoms with E-state index in [1.54, 1.807) is 7.11 Å². The topological polar surface area (TPSA) is 51.5 Å². The van der Waals surface area contributed by atoms with E-state index < -0.39 is 23.7 Å². The molecule has 0 atom stereocenters. The second-order valence-electron chi connectivity index (χ2n) is 7.28. The van der Waals surface area contributed by atoms with Crippen LogP contribution < -0.4 is 10.2 Å². The molecule has 1 heterocycles. The van der Waals surface area contributed by atoms with Crippen LogP contribution in [0, 0.1) is 11.3 Å². The van der Waals surface area contributed by atoms with Gasteiger partial charge in [-0.25, -0.2) is 0 Å².